The Bertz CT molecular complexity index is 231. The molecule has 1 aliphatic heterocycles. The quantitative estimate of drug-likeness (QED) is 0.585. The van der Waals surface area contributed by atoms with Gasteiger partial charge in [0.05, 0.1) is 6.26 Å². The van der Waals surface area contributed by atoms with Gasteiger partial charge in [-0.05, 0) is 31.1 Å². The lowest BCUT2D eigenvalue weighted by Crippen LogP contribution is -1.92. The van der Waals surface area contributed by atoms with Gasteiger partial charge in [0, 0.05) is 0 Å². The van der Waals surface area contributed by atoms with Crippen LogP contribution in [0.15, 0.2) is 48.5 Å². The van der Waals surface area contributed by atoms with E-state index in [1.807, 2.05) is 25.2 Å². The van der Waals surface area contributed by atoms with Crippen molar-refractivity contribution in [1.29, 1.82) is 0 Å². The van der Waals surface area contributed by atoms with Crippen molar-refractivity contribution < 1.29 is 4.74 Å². The summed E-state index contributed by atoms with van der Waals surface area (Å²) in [5.41, 5.74) is 1.19. The molecule has 0 aromatic rings. The summed E-state index contributed by atoms with van der Waals surface area (Å²) in [6.45, 7) is 5.66. The van der Waals surface area contributed by atoms with E-state index in [1.54, 1.807) is 12.3 Å². The summed E-state index contributed by atoms with van der Waals surface area (Å²) in [5.74, 6) is 0.866. The van der Waals surface area contributed by atoms with E-state index in [1.165, 1.54) is 5.57 Å². The molecule has 58 valence electrons. The standard InChI is InChI=1S/C10H12O/c1-3-6-9-7-5-8-11-10(9)4-2/h3-6,8H,2,7H2,1H3. The van der Waals surface area contributed by atoms with Gasteiger partial charge in [-0.15, -0.1) is 0 Å². The maximum Gasteiger partial charge on any atom is 0.129 e. The first-order chi connectivity index (χ1) is 5.38. The Balaban J connectivity index is 2.83. The lowest BCUT2D eigenvalue weighted by atomic mass is 10.1. The van der Waals surface area contributed by atoms with Gasteiger partial charge in [0.15, 0.2) is 0 Å². The van der Waals surface area contributed by atoms with Crippen molar-refractivity contribution in [2.45, 2.75) is 13.3 Å². The zero-order valence-corrected chi connectivity index (χ0v) is 6.71. The maximum absolute atomic E-state index is 5.22. The summed E-state index contributed by atoms with van der Waals surface area (Å²) in [7, 11) is 0. The van der Waals surface area contributed by atoms with Gasteiger partial charge in [-0.1, -0.05) is 18.7 Å². The van der Waals surface area contributed by atoms with Crippen LogP contribution in [0.4, 0.5) is 0 Å². The third kappa shape index (κ3) is 1.84. The molecule has 1 rings (SSSR count). The van der Waals surface area contributed by atoms with Crippen LogP contribution in [0, 0.1) is 0 Å². The van der Waals surface area contributed by atoms with Crippen molar-refractivity contribution in [2.75, 3.05) is 0 Å². The first-order valence-electron chi connectivity index (χ1n) is 3.68. The second-order valence-corrected chi connectivity index (χ2v) is 2.29. The predicted octanol–water partition coefficient (Wildman–Crippen LogP) is 2.94. The van der Waals surface area contributed by atoms with Crippen LogP contribution in [0.2, 0.25) is 0 Å². The molecule has 0 saturated carbocycles. The zero-order chi connectivity index (χ0) is 8.10. The summed E-state index contributed by atoms with van der Waals surface area (Å²) in [5, 5.41) is 0. The van der Waals surface area contributed by atoms with Crippen LogP contribution in [0.5, 0.6) is 0 Å². The molecule has 0 radical (unpaired) electrons. The van der Waals surface area contributed by atoms with Crippen LogP contribution in [0.3, 0.4) is 0 Å². The Kier molecular flexibility index (Phi) is 2.73. The van der Waals surface area contributed by atoms with Crippen molar-refractivity contribution in [3.05, 3.63) is 48.5 Å². The van der Waals surface area contributed by atoms with Crippen LogP contribution in [-0.2, 0) is 4.74 Å². The Morgan fingerprint density at radius 2 is 2.45 bits per heavy atom. The van der Waals surface area contributed by atoms with Gasteiger partial charge in [0.2, 0.25) is 0 Å². The molecule has 1 heteroatoms. The van der Waals surface area contributed by atoms with E-state index in [-0.39, 0.29) is 0 Å². The fraction of sp³-hybridized carbons (Fsp3) is 0.200. The lowest BCUT2D eigenvalue weighted by molar-refractivity contribution is 0.355. The second kappa shape index (κ2) is 3.81. The van der Waals surface area contributed by atoms with E-state index in [2.05, 4.69) is 6.58 Å². The molecule has 0 aliphatic carbocycles. The van der Waals surface area contributed by atoms with Gasteiger partial charge in [-0.2, -0.15) is 0 Å². The molecule has 1 aliphatic rings. The average molecular weight is 148 g/mol. The Morgan fingerprint density at radius 3 is 3.09 bits per heavy atom. The highest BCUT2D eigenvalue weighted by Gasteiger charge is 2.02. The maximum atomic E-state index is 5.22. The second-order valence-electron chi connectivity index (χ2n) is 2.29. The highest BCUT2D eigenvalue weighted by Crippen LogP contribution is 2.18. The topological polar surface area (TPSA) is 9.23 Å². The van der Waals surface area contributed by atoms with Crippen LogP contribution in [0.1, 0.15) is 13.3 Å². The molecule has 1 nitrogen and oxygen atoms in total. The molecule has 0 aromatic heterocycles. The minimum atomic E-state index is 0.866. The smallest absolute Gasteiger partial charge is 0.129 e. The minimum Gasteiger partial charge on any atom is -0.465 e. The number of rotatable bonds is 2. The molecule has 0 atom stereocenters. The lowest BCUT2D eigenvalue weighted by Gasteiger charge is -2.10. The molecule has 0 N–H and O–H groups in total. The highest BCUT2D eigenvalue weighted by atomic mass is 16.5. The number of hydrogen-bond acceptors (Lipinski definition) is 1. The summed E-state index contributed by atoms with van der Waals surface area (Å²) in [4.78, 5) is 0. The van der Waals surface area contributed by atoms with Gasteiger partial charge < -0.3 is 4.74 Å². The molecule has 0 saturated heterocycles. The fourth-order valence-electron chi connectivity index (χ4n) is 1.00. The van der Waals surface area contributed by atoms with Crippen LogP contribution >= 0.6 is 0 Å². The number of ether oxygens (including phenoxy) is 1. The highest BCUT2D eigenvalue weighted by molar-refractivity contribution is 5.32. The fourth-order valence-corrected chi connectivity index (χ4v) is 1.00. The van der Waals surface area contributed by atoms with Crippen molar-refractivity contribution in [3.8, 4) is 0 Å². The van der Waals surface area contributed by atoms with Crippen LogP contribution < -0.4 is 0 Å². The van der Waals surface area contributed by atoms with E-state index in [9.17, 15) is 0 Å². The first-order valence-corrected chi connectivity index (χ1v) is 3.68. The average Bonchev–Trinajstić information content (AvgIpc) is 2.06. The van der Waals surface area contributed by atoms with Crippen LogP contribution in [0.25, 0.3) is 0 Å². The SMILES string of the molecule is C=CC1=C(C=CC)CC=CO1. The predicted molar refractivity (Wildman–Crippen MR) is 46.9 cm³/mol. The Labute approximate surface area is 67.4 Å². The zero-order valence-electron chi connectivity index (χ0n) is 6.71. The molecule has 0 amide bonds. The monoisotopic (exact) mass is 148 g/mol. The summed E-state index contributed by atoms with van der Waals surface area (Å²) in [6, 6.07) is 0. The van der Waals surface area contributed by atoms with E-state index in [0.717, 1.165) is 12.2 Å². The molecular formula is C10H12O. The molecule has 11 heavy (non-hydrogen) atoms. The minimum absolute atomic E-state index is 0.866. The summed E-state index contributed by atoms with van der Waals surface area (Å²) < 4.78 is 5.22. The number of hydrogen-bond donors (Lipinski definition) is 0. The third-order valence-corrected chi connectivity index (χ3v) is 1.50. The van der Waals surface area contributed by atoms with Gasteiger partial charge in [-0.3, -0.25) is 0 Å². The summed E-state index contributed by atoms with van der Waals surface area (Å²) >= 11 is 0. The molecule has 0 bridgehead atoms. The normalized spacial score (nSPS) is 17.2. The van der Waals surface area contributed by atoms with Crippen molar-refractivity contribution >= 4 is 0 Å². The van der Waals surface area contributed by atoms with E-state index >= 15 is 0 Å². The van der Waals surface area contributed by atoms with Gasteiger partial charge in [0.1, 0.15) is 5.76 Å². The molecule has 1 heterocycles. The third-order valence-electron chi connectivity index (χ3n) is 1.50. The van der Waals surface area contributed by atoms with Gasteiger partial charge in [0.25, 0.3) is 0 Å². The molecule has 0 spiro atoms. The number of allylic oxidation sites excluding steroid dienone is 5. The van der Waals surface area contributed by atoms with Crippen molar-refractivity contribution in [3.63, 3.8) is 0 Å². The Hall–Kier alpha value is -1.24. The molecule has 0 fully saturated rings. The van der Waals surface area contributed by atoms with Gasteiger partial charge in [-0.25, -0.2) is 0 Å². The largest absolute Gasteiger partial charge is 0.465 e. The molecule has 0 unspecified atom stereocenters. The van der Waals surface area contributed by atoms with E-state index < -0.39 is 0 Å². The van der Waals surface area contributed by atoms with Crippen molar-refractivity contribution in [2.24, 2.45) is 0 Å². The van der Waals surface area contributed by atoms with Gasteiger partial charge >= 0.3 is 0 Å². The summed E-state index contributed by atoms with van der Waals surface area (Å²) in [6.07, 6.45) is 10.4. The Morgan fingerprint density at radius 1 is 1.64 bits per heavy atom. The van der Waals surface area contributed by atoms with Crippen LogP contribution in [-0.4, -0.2) is 0 Å². The molecule has 0 aromatic carbocycles. The first kappa shape index (κ1) is 7.86. The molecular weight excluding hydrogens is 136 g/mol. The van der Waals surface area contributed by atoms with E-state index in [4.69, 9.17) is 4.74 Å². The van der Waals surface area contributed by atoms with E-state index in [0.29, 0.717) is 0 Å². The van der Waals surface area contributed by atoms with Crippen molar-refractivity contribution in [1.82, 2.24) is 0 Å².